The number of nitrogens with one attached hydrogen (secondary N) is 1. The van der Waals surface area contributed by atoms with Crippen molar-refractivity contribution in [2.75, 3.05) is 0 Å². The predicted molar refractivity (Wildman–Crippen MR) is 215 cm³/mol. The van der Waals surface area contributed by atoms with E-state index < -0.39 is 0 Å². The largest absolute Gasteiger partial charge is 0.355 e. The average molecular weight is 645 g/mol. The lowest BCUT2D eigenvalue weighted by molar-refractivity contribution is 1.12. The summed E-state index contributed by atoms with van der Waals surface area (Å²) < 4.78 is 2.48. The van der Waals surface area contributed by atoms with Crippen molar-refractivity contribution in [3.8, 4) is 39.1 Å². The molecular formula is C48H40N2. The van der Waals surface area contributed by atoms with Crippen LogP contribution in [-0.4, -0.2) is 9.55 Å². The van der Waals surface area contributed by atoms with Crippen LogP contribution >= 0.6 is 0 Å². The van der Waals surface area contributed by atoms with E-state index in [4.69, 9.17) is 0 Å². The molecule has 2 heterocycles. The highest BCUT2D eigenvalue weighted by Crippen LogP contribution is 2.41. The van der Waals surface area contributed by atoms with E-state index in [1.54, 1.807) is 0 Å². The highest BCUT2D eigenvalue weighted by atomic mass is 15.0. The Labute approximate surface area is 293 Å². The van der Waals surface area contributed by atoms with Gasteiger partial charge in [-0.3, -0.25) is 0 Å². The summed E-state index contributed by atoms with van der Waals surface area (Å²) in [4.78, 5) is 3.68. The monoisotopic (exact) mass is 644 g/mol. The fourth-order valence-electron chi connectivity index (χ4n) is 8.53. The van der Waals surface area contributed by atoms with Gasteiger partial charge in [-0.25, -0.2) is 0 Å². The maximum Gasteiger partial charge on any atom is 0.0541 e. The van der Waals surface area contributed by atoms with Crippen LogP contribution in [0.3, 0.4) is 0 Å². The molecule has 1 N–H and O–H groups in total. The van der Waals surface area contributed by atoms with E-state index >= 15 is 0 Å². The number of aromatic nitrogens is 2. The van der Waals surface area contributed by atoms with Gasteiger partial charge in [-0.2, -0.15) is 0 Å². The number of rotatable bonds is 4. The molecule has 0 spiro atoms. The zero-order valence-electron chi connectivity index (χ0n) is 29.6. The smallest absolute Gasteiger partial charge is 0.0541 e. The first-order valence-corrected chi connectivity index (χ1v) is 17.6. The molecule has 2 nitrogen and oxygen atoms in total. The van der Waals surface area contributed by atoms with Crippen LogP contribution in [0.1, 0.15) is 33.4 Å². The summed E-state index contributed by atoms with van der Waals surface area (Å²) in [6, 6.07) is 47.6. The number of hydrogen-bond donors (Lipinski definition) is 1. The molecule has 242 valence electrons. The predicted octanol–water partition coefficient (Wildman–Crippen LogP) is 13.3. The van der Waals surface area contributed by atoms with Crippen molar-refractivity contribution in [2.24, 2.45) is 0 Å². The van der Waals surface area contributed by atoms with Crippen molar-refractivity contribution in [1.29, 1.82) is 0 Å². The molecule has 9 aromatic rings. The van der Waals surface area contributed by atoms with Crippen LogP contribution in [-0.2, 0) is 0 Å². The first-order valence-electron chi connectivity index (χ1n) is 17.6. The molecule has 2 heteroatoms. The topological polar surface area (TPSA) is 20.7 Å². The van der Waals surface area contributed by atoms with Gasteiger partial charge in [0.2, 0.25) is 0 Å². The van der Waals surface area contributed by atoms with E-state index in [1.807, 2.05) is 0 Å². The Balaban J connectivity index is 1.27. The first kappa shape index (κ1) is 30.2. The molecule has 0 unspecified atom stereocenters. The summed E-state index contributed by atoms with van der Waals surface area (Å²) >= 11 is 0. The lowest BCUT2D eigenvalue weighted by Crippen LogP contribution is -2.00. The Hall–Kier alpha value is -5.86. The third kappa shape index (κ3) is 4.63. The Morgan fingerprint density at radius 2 is 0.720 bits per heavy atom. The van der Waals surface area contributed by atoms with Gasteiger partial charge < -0.3 is 9.55 Å². The Morgan fingerprint density at radius 3 is 1.22 bits per heavy atom. The van der Waals surface area contributed by atoms with Crippen LogP contribution in [0.15, 0.2) is 127 Å². The first-order chi connectivity index (χ1) is 24.3. The van der Waals surface area contributed by atoms with Crippen molar-refractivity contribution in [2.45, 2.75) is 41.5 Å². The summed E-state index contributed by atoms with van der Waals surface area (Å²) in [6.45, 7) is 13.3. The second-order valence-electron chi connectivity index (χ2n) is 14.2. The normalized spacial score (nSPS) is 11.8. The van der Waals surface area contributed by atoms with E-state index in [9.17, 15) is 0 Å². The molecule has 0 aliphatic heterocycles. The van der Waals surface area contributed by atoms with Gasteiger partial charge in [0.1, 0.15) is 0 Å². The summed E-state index contributed by atoms with van der Waals surface area (Å²) in [7, 11) is 0. The van der Waals surface area contributed by atoms with Crippen LogP contribution in [0.4, 0.5) is 0 Å². The van der Waals surface area contributed by atoms with Gasteiger partial charge in [0.15, 0.2) is 0 Å². The molecule has 0 fully saturated rings. The maximum absolute atomic E-state index is 3.68. The quantitative estimate of drug-likeness (QED) is 0.197. The SMILES string of the molecule is Cc1cccc(C)c1-c1ccc2[nH]c3ccc(-c4ccc5c(c4)c4cc(-c6c(C)cccc6C)ccc4n5-c4c(C)cccc4C)cc3c2c1. The maximum atomic E-state index is 3.68. The molecule has 0 aliphatic rings. The molecule has 9 rings (SSSR count). The Bertz CT molecular complexity index is 2760. The highest BCUT2D eigenvalue weighted by Gasteiger charge is 2.18. The lowest BCUT2D eigenvalue weighted by atomic mass is 9.94. The van der Waals surface area contributed by atoms with E-state index in [2.05, 4.69) is 178 Å². The standard InChI is InChI=1S/C48H40N2/c1-28-10-7-11-29(2)46(28)36-17-21-43-39(26-36)38-24-34(16-20-42(38)49-43)35-18-22-44-40(25-35)41-27-37(47-30(3)12-8-13-31(47)4)19-23-45(41)50(44)48-32(5)14-9-15-33(48)6/h7-27,49H,1-6H3. The number of nitrogens with zero attached hydrogens (tertiary/aromatic N) is 1. The number of para-hydroxylation sites is 1. The third-order valence-electron chi connectivity index (χ3n) is 10.9. The molecule has 0 bridgehead atoms. The van der Waals surface area contributed by atoms with E-state index in [0.717, 1.165) is 5.52 Å². The fourth-order valence-corrected chi connectivity index (χ4v) is 8.53. The van der Waals surface area contributed by atoms with Gasteiger partial charge in [0, 0.05) is 32.6 Å². The van der Waals surface area contributed by atoms with E-state index in [1.165, 1.54) is 111 Å². The summed E-state index contributed by atoms with van der Waals surface area (Å²) in [5, 5.41) is 5.05. The molecule has 0 amide bonds. The summed E-state index contributed by atoms with van der Waals surface area (Å²) in [5.41, 5.74) is 21.4. The second-order valence-corrected chi connectivity index (χ2v) is 14.2. The van der Waals surface area contributed by atoms with Gasteiger partial charge in [-0.05, 0) is 157 Å². The molecule has 0 atom stereocenters. The number of hydrogen-bond acceptors (Lipinski definition) is 0. The zero-order chi connectivity index (χ0) is 34.3. The molecule has 7 aromatic carbocycles. The molecule has 0 aliphatic carbocycles. The number of fused-ring (bicyclic) bond motifs is 6. The van der Waals surface area contributed by atoms with Crippen molar-refractivity contribution in [3.63, 3.8) is 0 Å². The minimum atomic E-state index is 1.16. The molecule has 0 saturated carbocycles. The van der Waals surface area contributed by atoms with Crippen LogP contribution in [0.25, 0.3) is 82.7 Å². The summed E-state index contributed by atoms with van der Waals surface area (Å²) in [5.74, 6) is 0. The van der Waals surface area contributed by atoms with Crippen molar-refractivity contribution >= 4 is 43.6 Å². The van der Waals surface area contributed by atoms with Crippen molar-refractivity contribution in [3.05, 3.63) is 161 Å². The number of H-pyrrole nitrogens is 1. The van der Waals surface area contributed by atoms with Gasteiger partial charge >= 0.3 is 0 Å². The molecular weight excluding hydrogens is 605 g/mol. The van der Waals surface area contributed by atoms with Crippen LogP contribution < -0.4 is 0 Å². The Morgan fingerprint density at radius 1 is 0.360 bits per heavy atom. The number of aryl methyl sites for hydroxylation is 6. The molecule has 2 aromatic heterocycles. The molecule has 50 heavy (non-hydrogen) atoms. The zero-order valence-corrected chi connectivity index (χ0v) is 29.6. The van der Waals surface area contributed by atoms with Crippen LogP contribution in [0, 0.1) is 41.5 Å². The van der Waals surface area contributed by atoms with E-state index in [-0.39, 0.29) is 0 Å². The fraction of sp³-hybridized carbons (Fsp3) is 0.125. The molecule has 0 saturated heterocycles. The Kier molecular flexibility index (Phi) is 6.86. The minimum absolute atomic E-state index is 1.16. The van der Waals surface area contributed by atoms with Gasteiger partial charge in [0.05, 0.1) is 16.7 Å². The highest BCUT2D eigenvalue weighted by molar-refractivity contribution is 6.13. The van der Waals surface area contributed by atoms with Gasteiger partial charge in [-0.15, -0.1) is 0 Å². The van der Waals surface area contributed by atoms with Crippen LogP contribution in [0.2, 0.25) is 0 Å². The van der Waals surface area contributed by atoms with Crippen molar-refractivity contribution in [1.82, 2.24) is 9.55 Å². The van der Waals surface area contributed by atoms with E-state index in [0.29, 0.717) is 0 Å². The number of benzene rings is 7. The minimum Gasteiger partial charge on any atom is -0.355 e. The average Bonchev–Trinajstić information content (AvgIpc) is 3.62. The van der Waals surface area contributed by atoms with Gasteiger partial charge in [0.25, 0.3) is 0 Å². The second kappa shape index (κ2) is 11.4. The van der Waals surface area contributed by atoms with Crippen molar-refractivity contribution < 1.29 is 0 Å². The third-order valence-corrected chi connectivity index (χ3v) is 10.9. The van der Waals surface area contributed by atoms with Gasteiger partial charge in [-0.1, -0.05) is 78.9 Å². The number of aromatic amines is 1. The summed E-state index contributed by atoms with van der Waals surface area (Å²) in [6.07, 6.45) is 0. The lowest BCUT2D eigenvalue weighted by Gasteiger charge is -2.15. The van der Waals surface area contributed by atoms with Crippen LogP contribution in [0.5, 0.6) is 0 Å². The molecule has 0 radical (unpaired) electrons.